The lowest BCUT2D eigenvalue weighted by Crippen LogP contribution is -2.35. The summed E-state index contributed by atoms with van der Waals surface area (Å²) in [5.41, 5.74) is 2.17. The number of piperidine rings is 1. The Balaban J connectivity index is 2.20. The summed E-state index contributed by atoms with van der Waals surface area (Å²) in [5, 5.41) is 9.12. The molecule has 1 saturated heterocycles. The Hall–Kier alpha value is -1.75. The van der Waals surface area contributed by atoms with Gasteiger partial charge >= 0.3 is 5.97 Å². The molecule has 5 nitrogen and oxygen atoms in total. The molecule has 0 atom stereocenters. The molecule has 0 unspecified atom stereocenters. The molecule has 5 heteroatoms. The maximum absolute atomic E-state index is 11.1. The van der Waals surface area contributed by atoms with E-state index in [1.165, 1.54) is 0 Å². The molecule has 1 aliphatic rings. The summed E-state index contributed by atoms with van der Waals surface area (Å²) in [4.78, 5) is 13.4. The molecule has 2 rings (SSSR count). The Labute approximate surface area is 144 Å². The smallest absolute Gasteiger partial charge is 0.306 e. The van der Waals surface area contributed by atoms with Crippen LogP contribution in [0.1, 0.15) is 44.7 Å². The van der Waals surface area contributed by atoms with Gasteiger partial charge in [-0.15, -0.1) is 0 Å². The van der Waals surface area contributed by atoms with E-state index in [4.69, 9.17) is 14.6 Å². The number of nitrogens with zero attached hydrogens (tertiary/aromatic N) is 1. The third kappa shape index (κ3) is 4.20. The summed E-state index contributed by atoms with van der Waals surface area (Å²) >= 11 is 0. The number of benzene rings is 1. The monoisotopic (exact) mass is 335 g/mol. The van der Waals surface area contributed by atoms with Gasteiger partial charge in [0.15, 0.2) is 0 Å². The first-order valence-electron chi connectivity index (χ1n) is 8.46. The first-order valence-corrected chi connectivity index (χ1v) is 8.46. The van der Waals surface area contributed by atoms with Crippen LogP contribution in [0.25, 0.3) is 0 Å². The van der Waals surface area contributed by atoms with Gasteiger partial charge in [0.1, 0.15) is 11.5 Å². The third-order valence-corrected chi connectivity index (χ3v) is 4.74. The van der Waals surface area contributed by atoms with E-state index in [1.807, 2.05) is 0 Å². The number of rotatable bonds is 5. The van der Waals surface area contributed by atoms with Gasteiger partial charge in [-0.3, -0.25) is 9.69 Å². The highest BCUT2D eigenvalue weighted by Crippen LogP contribution is 2.37. The molecule has 1 aliphatic heterocycles. The standard InChI is InChI=1S/C19H29NO4/c1-19(2,3)15-11-16(23-4)14(10-17(15)24-5)12-20-8-6-13(7-9-20)18(21)22/h10-11,13H,6-9,12H2,1-5H3,(H,21,22). The molecule has 0 saturated carbocycles. The van der Waals surface area contributed by atoms with E-state index in [0.29, 0.717) is 12.8 Å². The van der Waals surface area contributed by atoms with Crippen molar-refractivity contribution in [2.75, 3.05) is 27.3 Å². The summed E-state index contributed by atoms with van der Waals surface area (Å²) in [7, 11) is 3.38. The molecule has 134 valence electrons. The second-order valence-electron chi connectivity index (χ2n) is 7.50. The third-order valence-electron chi connectivity index (χ3n) is 4.74. The fourth-order valence-electron chi connectivity index (χ4n) is 3.25. The zero-order valence-electron chi connectivity index (χ0n) is 15.4. The largest absolute Gasteiger partial charge is 0.496 e. The fourth-order valence-corrected chi connectivity index (χ4v) is 3.25. The van der Waals surface area contributed by atoms with Crippen molar-refractivity contribution in [2.45, 2.75) is 45.6 Å². The first-order chi connectivity index (χ1) is 11.3. The maximum Gasteiger partial charge on any atom is 0.306 e. The lowest BCUT2D eigenvalue weighted by Gasteiger charge is -2.31. The van der Waals surface area contributed by atoms with Gasteiger partial charge in [0, 0.05) is 17.7 Å². The Kier molecular flexibility index (Phi) is 5.75. The average Bonchev–Trinajstić information content (AvgIpc) is 2.53. The van der Waals surface area contributed by atoms with E-state index in [1.54, 1.807) is 14.2 Å². The van der Waals surface area contributed by atoms with E-state index >= 15 is 0 Å². The fraction of sp³-hybridized carbons (Fsp3) is 0.632. The van der Waals surface area contributed by atoms with Crippen molar-refractivity contribution in [2.24, 2.45) is 5.92 Å². The number of likely N-dealkylation sites (tertiary alicyclic amines) is 1. The van der Waals surface area contributed by atoms with Gasteiger partial charge in [-0.05, 0) is 43.5 Å². The molecular formula is C19H29NO4. The topological polar surface area (TPSA) is 59.0 Å². The van der Waals surface area contributed by atoms with Crippen LogP contribution in [0.15, 0.2) is 12.1 Å². The number of hydrogen-bond acceptors (Lipinski definition) is 4. The van der Waals surface area contributed by atoms with Gasteiger partial charge in [-0.1, -0.05) is 20.8 Å². The van der Waals surface area contributed by atoms with Gasteiger partial charge < -0.3 is 14.6 Å². The second kappa shape index (κ2) is 7.43. The average molecular weight is 335 g/mol. The van der Waals surface area contributed by atoms with Crippen LogP contribution >= 0.6 is 0 Å². The van der Waals surface area contributed by atoms with E-state index in [9.17, 15) is 4.79 Å². The highest BCUT2D eigenvalue weighted by molar-refractivity contribution is 5.70. The van der Waals surface area contributed by atoms with Gasteiger partial charge in [0.25, 0.3) is 0 Å². The maximum atomic E-state index is 11.1. The minimum Gasteiger partial charge on any atom is -0.496 e. The predicted octanol–water partition coefficient (Wildman–Crippen LogP) is 3.30. The summed E-state index contributed by atoms with van der Waals surface area (Å²) in [6.07, 6.45) is 1.41. The molecular weight excluding hydrogens is 306 g/mol. The molecule has 0 radical (unpaired) electrons. The summed E-state index contributed by atoms with van der Waals surface area (Å²) in [6, 6.07) is 4.13. The van der Waals surface area contributed by atoms with Crippen LogP contribution in [0.4, 0.5) is 0 Å². The minimum atomic E-state index is -0.677. The molecule has 0 spiro atoms. The van der Waals surface area contributed by atoms with Crippen molar-refractivity contribution in [3.05, 3.63) is 23.3 Å². The van der Waals surface area contributed by atoms with Crippen molar-refractivity contribution < 1.29 is 19.4 Å². The van der Waals surface area contributed by atoms with Crippen LogP contribution in [0.2, 0.25) is 0 Å². The number of ether oxygens (including phenoxy) is 2. The van der Waals surface area contributed by atoms with Crippen LogP contribution in [-0.2, 0) is 16.8 Å². The van der Waals surface area contributed by atoms with E-state index in [2.05, 4.69) is 37.8 Å². The molecule has 0 aliphatic carbocycles. The quantitative estimate of drug-likeness (QED) is 0.895. The first kappa shape index (κ1) is 18.6. The van der Waals surface area contributed by atoms with Crippen molar-refractivity contribution in [1.29, 1.82) is 0 Å². The molecule has 1 N–H and O–H groups in total. The van der Waals surface area contributed by atoms with E-state index in [-0.39, 0.29) is 11.3 Å². The molecule has 1 heterocycles. The molecule has 24 heavy (non-hydrogen) atoms. The summed E-state index contributed by atoms with van der Waals surface area (Å²) < 4.78 is 11.2. The Morgan fingerprint density at radius 2 is 1.75 bits per heavy atom. The van der Waals surface area contributed by atoms with Crippen LogP contribution in [0.5, 0.6) is 11.5 Å². The Morgan fingerprint density at radius 3 is 2.21 bits per heavy atom. The summed E-state index contributed by atoms with van der Waals surface area (Å²) in [5.74, 6) is 0.851. The van der Waals surface area contributed by atoms with Crippen LogP contribution in [0, 0.1) is 5.92 Å². The Morgan fingerprint density at radius 1 is 1.17 bits per heavy atom. The number of methoxy groups -OCH3 is 2. The Bertz CT molecular complexity index is 584. The molecule has 0 aromatic heterocycles. The van der Waals surface area contributed by atoms with Gasteiger partial charge in [0.2, 0.25) is 0 Å². The van der Waals surface area contributed by atoms with Gasteiger partial charge in [0.05, 0.1) is 20.1 Å². The van der Waals surface area contributed by atoms with Crippen LogP contribution in [0.3, 0.4) is 0 Å². The lowest BCUT2D eigenvalue weighted by atomic mass is 9.85. The highest BCUT2D eigenvalue weighted by Gasteiger charge is 2.26. The molecule has 1 fully saturated rings. The van der Waals surface area contributed by atoms with E-state index < -0.39 is 5.97 Å². The second-order valence-corrected chi connectivity index (χ2v) is 7.50. The van der Waals surface area contributed by atoms with E-state index in [0.717, 1.165) is 42.3 Å². The molecule has 1 aromatic rings. The summed E-state index contributed by atoms with van der Waals surface area (Å²) in [6.45, 7) is 8.80. The van der Waals surface area contributed by atoms with Gasteiger partial charge in [-0.25, -0.2) is 0 Å². The number of carboxylic acids is 1. The molecule has 0 amide bonds. The number of aliphatic carboxylic acids is 1. The predicted molar refractivity (Wildman–Crippen MR) is 93.9 cm³/mol. The molecule has 0 bridgehead atoms. The van der Waals surface area contributed by atoms with Gasteiger partial charge in [-0.2, -0.15) is 0 Å². The number of carbonyl (C=O) groups is 1. The minimum absolute atomic E-state index is 0.0308. The van der Waals surface area contributed by atoms with Crippen molar-refractivity contribution in [3.63, 3.8) is 0 Å². The lowest BCUT2D eigenvalue weighted by molar-refractivity contribution is -0.143. The normalized spacial score (nSPS) is 16.9. The molecule has 1 aromatic carbocycles. The number of carboxylic acid groups (broad SMARTS) is 1. The van der Waals surface area contributed by atoms with Crippen LogP contribution in [-0.4, -0.2) is 43.3 Å². The zero-order chi connectivity index (χ0) is 17.9. The van der Waals surface area contributed by atoms with Crippen molar-refractivity contribution in [1.82, 2.24) is 4.90 Å². The van der Waals surface area contributed by atoms with Crippen LogP contribution < -0.4 is 9.47 Å². The SMILES string of the molecule is COc1cc(C(C)(C)C)c(OC)cc1CN1CCC(C(=O)O)CC1. The number of hydrogen-bond donors (Lipinski definition) is 1. The zero-order valence-corrected chi connectivity index (χ0v) is 15.4. The van der Waals surface area contributed by atoms with Crippen molar-refractivity contribution in [3.8, 4) is 11.5 Å². The highest BCUT2D eigenvalue weighted by atomic mass is 16.5. The van der Waals surface area contributed by atoms with Crippen molar-refractivity contribution >= 4 is 5.97 Å².